The first-order chi connectivity index (χ1) is 6.20. The Labute approximate surface area is 94.7 Å². The molecule has 0 heterocycles. The summed E-state index contributed by atoms with van der Waals surface area (Å²) in [5.74, 6) is 0. The summed E-state index contributed by atoms with van der Waals surface area (Å²) in [7, 11) is 0. The molecule has 0 amide bonds. The van der Waals surface area contributed by atoms with Crippen molar-refractivity contribution in [2.75, 3.05) is 11.0 Å². The van der Waals surface area contributed by atoms with Crippen molar-refractivity contribution in [3.63, 3.8) is 0 Å². The predicted octanol–water partition coefficient (Wildman–Crippen LogP) is 2.49. The van der Waals surface area contributed by atoms with Crippen molar-refractivity contribution in [1.82, 2.24) is 0 Å². The molecular formula is C10H20INO. The topological polar surface area (TPSA) is 35.2 Å². The highest BCUT2D eigenvalue weighted by Crippen LogP contribution is 2.29. The Kier molecular flexibility index (Phi) is 4.97. The molecule has 1 saturated carbocycles. The molecule has 0 aromatic carbocycles. The highest BCUT2D eigenvalue weighted by Gasteiger charge is 2.30. The largest absolute Gasteiger partial charge is 0.378 e. The first kappa shape index (κ1) is 11.7. The molecule has 2 nitrogen and oxygen atoms in total. The third-order valence-electron chi connectivity index (χ3n) is 2.75. The van der Waals surface area contributed by atoms with E-state index in [1.54, 1.807) is 0 Å². The average Bonchev–Trinajstić information content (AvgIpc) is 2.17. The van der Waals surface area contributed by atoms with E-state index in [1.165, 1.54) is 0 Å². The van der Waals surface area contributed by atoms with Gasteiger partial charge in [0.15, 0.2) is 0 Å². The summed E-state index contributed by atoms with van der Waals surface area (Å²) < 4.78 is 6.79. The molecule has 1 aliphatic carbocycles. The van der Waals surface area contributed by atoms with Crippen LogP contribution in [-0.4, -0.2) is 22.7 Å². The van der Waals surface area contributed by atoms with Gasteiger partial charge in [0, 0.05) is 16.6 Å². The van der Waals surface area contributed by atoms with Crippen LogP contribution in [0.2, 0.25) is 0 Å². The van der Waals surface area contributed by atoms with Crippen LogP contribution in [0.15, 0.2) is 0 Å². The Balaban J connectivity index is 2.22. The van der Waals surface area contributed by atoms with Crippen molar-refractivity contribution in [3.8, 4) is 0 Å². The average molecular weight is 297 g/mol. The Morgan fingerprint density at radius 3 is 2.54 bits per heavy atom. The zero-order chi connectivity index (χ0) is 9.73. The van der Waals surface area contributed by atoms with Gasteiger partial charge in [-0.25, -0.2) is 0 Å². The number of hydrogen-bond acceptors (Lipinski definition) is 2. The molecule has 1 aliphatic rings. The van der Waals surface area contributed by atoms with E-state index in [9.17, 15) is 0 Å². The highest BCUT2D eigenvalue weighted by molar-refractivity contribution is 14.1. The molecule has 1 rings (SSSR count). The molecule has 0 aromatic heterocycles. The van der Waals surface area contributed by atoms with E-state index in [1.807, 2.05) is 0 Å². The summed E-state index contributed by atoms with van der Waals surface area (Å²) in [6.45, 7) is 3.06. The summed E-state index contributed by atoms with van der Waals surface area (Å²) in [5, 5.41) is 0. The monoisotopic (exact) mass is 297 g/mol. The van der Waals surface area contributed by atoms with E-state index in [2.05, 4.69) is 29.5 Å². The first-order valence-electron chi connectivity index (χ1n) is 5.16. The van der Waals surface area contributed by atoms with E-state index >= 15 is 0 Å². The molecule has 0 aromatic rings. The molecule has 0 bridgehead atoms. The van der Waals surface area contributed by atoms with Crippen molar-refractivity contribution in [2.24, 2.45) is 5.73 Å². The molecule has 0 saturated heterocycles. The molecule has 0 spiro atoms. The summed E-state index contributed by atoms with van der Waals surface area (Å²) in [6.07, 6.45) is 6.17. The number of alkyl halides is 1. The minimum atomic E-state index is 0.104. The maximum atomic E-state index is 6.19. The molecule has 78 valence electrons. The summed E-state index contributed by atoms with van der Waals surface area (Å²) in [6, 6.07) is 0. The van der Waals surface area contributed by atoms with Crippen LogP contribution in [-0.2, 0) is 4.74 Å². The SMILES string of the molecule is CCCOC1CCC(N)(CI)CC1. The zero-order valence-electron chi connectivity index (χ0n) is 8.39. The van der Waals surface area contributed by atoms with Crippen LogP contribution in [0.1, 0.15) is 39.0 Å². The second-order valence-corrected chi connectivity index (χ2v) is 4.83. The van der Waals surface area contributed by atoms with Crippen LogP contribution in [0.3, 0.4) is 0 Å². The normalized spacial score (nSPS) is 34.8. The standard InChI is InChI=1S/C10H20INO/c1-2-7-13-9-3-5-10(12,8-11)6-4-9/h9H,2-8,12H2,1H3. The van der Waals surface area contributed by atoms with Gasteiger partial charge in [0.05, 0.1) is 6.10 Å². The van der Waals surface area contributed by atoms with Crippen LogP contribution >= 0.6 is 22.6 Å². The third kappa shape index (κ3) is 3.72. The van der Waals surface area contributed by atoms with E-state index in [0.29, 0.717) is 6.10 Å². The highest BCUT2D eigenvalue weighted by atomic mass is 127. The predicted molar refractivity (Wildman–Crippen MR) is 64.3 cm³/mol. The van der Waals surface area contributed by atoms with Gasteiger partial charge in [0.25, 0.3) is 0 Å². The van der Waals surface area contributed by atoms with Crippen molar-refractivity contribution >= 4 is 22.6 Å². The molecule has 0 radical (unpaired) electrons. The number of halogens is 1. The molecule has 13 heavy (non-hydrogen) atoms. The Morgan fingerprint density at radius 2 is 2.08 bits per heavy atom. The minimum absolute atomic E-state index is 0.104. The van der Waals surface area contributed by atoms with E-state index in [-0.39, 0.29) is 5.54 Å². The van der Waals surface area contributed by atoms with Gasteiger partial charge in [-0.05, 0) is 32.1 Å². The Morgan fingerprint density at radius 1 is 1.46 bits per heavy atom. The Hall–Kier alpha value is 0.650. The fourth-order valence-electron chi connectivity index (χ4n) is 1.75. The molecule has 0 aliphatic heterocycles. The van der Waals surface area contributed by atoms with Crippen LogP contribution in [0.4, 0.5) is 0 Å². The maximum Gasteiger partial charge on any atom is 0.0576 e. The zero-order valence-corrected chi connectivity index (χ0v) is 10.5. The smallest absolute Gasteiger partial charge is 0.0576 e. The molecule has 2 N–H and O–H groups in total. The lowest BCUT2D eigenvalue weighted by molar-refractivity contribution is 0.0168. The second kappa shape index (κ2) is 5.51. The van der Waals surface area contributed by atoms with Gasteiger partial charge in [-0.1, -0.05) is 29.5 Å². The number of ether oxygens (including phenoxy) is 1. The summed E-state index contributed by atoms with van der Waals surface area (Å²) >= 11 is 2.39. The fourth-order valence-corrected chi connectivity index (χ4v) is 2.51. The maximum absolute atomic E-state index is 6.19. The number of hydrogen-bond donors (Lipinski definition) is 1. The lowest BCUT2D eigenvalue weighted by Gasteiger charge is -2.35. The van der Waals surface area contributed by atoms with Gasteiger partial charge in [-0.15, -0.1) is 0 Å². The van der Waals surface area contributed by atoms with Gasteiger partial charge in [-0.3, -0.25) is 0 Å². The van der Waals surface area contributed by atoms with Crippen molar-refractivity contribution in [1.29, 1.82) is 0 Å². The third-order valence-corrected chi connectivity index (χ3v) is 4.27. The van der Waals surface area contributed by atoms with Crippen LogP contribution in [0, 0.1) is 0 Å². The van der Waals surface area contributed by atoms with E-state index in [0.717, 1.165) is 43.1 Å². The van der Waals surface area contributed by atoms with E-state index in [4.69, 9.17) is 10.5 Å². The Bertz CT molecular complexity index is 144. The minimum Gasteiger partial charge on any atom is -0.378 e. The number of nitrogens with two attached hydrogens (primary N) is 1. The number of rotatable bonds is 4. The summed E-state index contributed by atoms with van der Waals surface area (Å²) in [5.41, 5.74) is 6.29. The molecule has 0 unspecified atom stereocenters. The second-order valence-electron chi connectivity index (χ2n) is 4.07. The van der Waals surface area contributed by atoms with Gasteiger partial charge in [-0.2, -0.15) is 0 Å². The van der Waals surface area contributed by atoms with E-state index < -0.39 is 0 Å². The van der Waals surface area contributed by atoms with Crippen LogP contribution < -0.4 is 5.73 Å². The van der Waals surface area contributed by atoms with Gasteiger partial charge < -0.3 is 10.5 Å². The van der Waals surface area contributed by atoms with Crippen LogP contribution in [0.5, 0.6) is 0 Å². The molecule has 0 atom stereocenters. The molecular weight excluding hydrogens is 277 g/mol. The first-order valence-corrected chi connectivity index (χ1v) is 6.69. The fraction of sp³-hybridized carbons (Fsp3) is 1.00. The van der Waals surface area contributed by atoms with Crippen molar-refractivity contribution in [3.05, 3.63) is 0 Å². The van der Waals surface area contributed by atoms with Crippen molar-refractivity contribution in [2.45, 2.75) is 50.7 Å². The quantitative estimate of drug-likeness (QED) is 0.639. The van der Waals surface area contributed by atoms with Gasteiger partial charge >= 0.3 is 0 Å². The summed E-state index contributed by atoms with van der Waals surface area (Å²) in [4.78, 5) is 0. The van der Waals surface area contributed by atoms with Gasteiger partial charge in [0.2, 0.25) is 0 Å². The van der Waals surface area contributed by atoms with Crippen LogP contribution in [0.25, 0.3) is 0 Å². The van der Waals surface area contributed by atoms with Gasteiger partial charge in [0.1, 0.15) is 0 Å². The lowest BCUT2D eigenvalue weighted by atomic mass is 9.83. The lowest BCUT2D eigenvalue weighted by Crippen LogP contribution is -2.46. The molecule has 1 fully saturated rings. The van der Waals surface area contributed by atoms with Crippen molar-refractivity contribution < 1.29 is 4.74 Å². The molecule has 3 heteroatoms.